The van der Waals surface area contributed by atoms with E-state index in [1.165, 1.54) is 10.8 Å². The Morgan fingerprint density at radius 2 is 1.91 bits per heavy atom. The smallest absolute Gasteiger partial charge is 0.328 e. The van der Waals surface area contributed by atoms with Crippen LogP contribution in [-0.4, -0.2) is 53.8 Å². The summed E-state index contributed by atoms with van der Waals surface area (Å²) < 4.78 is 30.1. The first-order valence-electron chi connectivity index (χ1n) is 10.6. The number of nitrogens with one attached hydrogen (secondary N) is 1. The topological polar surface area (TPSA) is 101 Å². The van der Waals surface area contributed by atoms with Gasteiger partial charge in [0, 0.05) is 45.6 Å². The standard InChI is InChI=1S/C21H26ClF2N7O2/c1-20(2,33)4-9-31-14-10-16(25-12-15(14)29(3)19(31)32)27-17-13(22)11-26-18(28-17)30-7-5-21(23,24)6-8-30/h10-12,33H,4-9H2,1-3H3,(H,25,26,27,28). The van der Waals surface area contributed by atoms with Crippen LogP contribution < -0.4 is 15.9 Å². The fourth-order valence-electron chi connectivity index (χ4n) is 3.72. The highest BCUT2D eigenvalue weighted by Gasteiger charge is 2.35. The Hall–Kier alpha value is -2.79. The molecule has 0 aromatic carbocycles. The molecule has 12 heteroatoms. The Morgan fingerprint density at radius 3 is 2.58 bits per heavy atom. The lowest BCUT2D eigenvalue weighted by Crippen LogP contribution is -2.40. The number of anilines is 3. The van der Waals surface area contributed by atoms with Crippen molar-refractivity contribution in [1.29, 1.82) is 0 Å². The van der Waals surface area contributed by atoms with E-state index in [1.807, 2.05) is 0 Å². The summed E-state index contributed by atoms with van der Waals surface area (Å²) >= 11 is 6.27. The average Bonchev–Trinajstić information content (AvgIpc) is 2.97. The molecule has 4 rings (SSSR count). The predicted molar refractivity (Wildman–Crippen MR) is 123 cm³/mol. The first-order chi connectivity index (χ1) is 15.4. The maximum absolute atomic E-state index is 13.5. The van der Waals surface area contributed by atoms with Gasteiger partial charge in [-0.05, 0) is 20.3 Å². The Bertz CT molecular complexity index is 1230. The van der Waals surface area contributed by atoms with E-state index in [9.17, 15) is 18.7 Å². The Kier molecular flexibility index (Phi) is 6.04. The monoisotopic (exact) mass is 481 g/mol. The molecule has 0 spiro atoms. The van der Waals surface area contributed by atoms with Crippen molar-refractivity contribution in [2.45, 2.75) is 51.2 Å². The highest BCUT2D eigenvalue weighted by molar-refractivity contribution is 6.32. The van der Waals surface area contributed by atoms with Crippen LogP contribution >= 0.6 is 11.6 Å². The summed E-state index contributed by atoms with van der Waals surface area (Å²) in [5.74, 6) is -1.67. The second-order valence-corrected chi connectivity index (χ2v) is 9.36. The van der Waals surface area contributed by atoms with Gasteiger partial charge < -0.3 is 15.3 Å². The second kappa shape index (κ2) is 8.53. The van der Waals surface area contributed by atoms with Crippen molar-refractivity contribution >= 4 is 40.2 Å². The molecule has 0 bridgehead atoms. The maximum atomic E-state index is 13.5. The second-order valence-electron chi connectivity index (χ2n) is 8.95. The number of fused-ring (bicyclic) bond motifs is 1. The summed E-state index contributed by atoms with van der Waals surface area (Å²) in [4.78, 5) is 27.3. The summed E-state index contributed by atoms with van der Waals surface area (Å²) in [5, 5.41) is 13.4. The Balaban J connectivity index is 1.62. The van der Waals surface area contributed by atoms with Crippen LogP contribution in [0, 0.1) is 0 Å². The van der Waals surface area contributed by atoms with Gasteiger partial charge in [-0.25, -0.2) is 23.5 Å². The lowest BCUT2D eigenvalue weighted by Gasteiger charge is -2.31. The molecule has 3 aromatic heterocycles. The zero-order valence-electron chi connectivity index (χ0n) is 18.6. The summed E-state index contributed by atoms with van der Waals surface area (Å²) in [5.41, 5.74) is 0.161. The molecule has 9 nitrogen and oxygen atoms in total. The van der Waals surface area contributed by atoms with Gasteiger partial charge in [0.1, 0.15) is 10.8 Å². The molecule has 33 heavy (non-hydrogen) atoms. The molecule has 2 N–H and O–H groups in total. The van der Waals surface area contributed by atoms with Crippen LogP contribution in [0.25, 0.3) is 11.0 Å². The molecule has 4 heterocycles. The van der Waals surface area contributed by atoms with Crippen LogP contribution in [0.1, 0.15) is 33.1 Å². The summed E-state index contributed by atoms with van der Waals surface area (Å²) in [6.07, 6.45) is 2.88. The van der Waals surface area contributed by atoms with Gasteiger partial charge in [-0.3, -0.25) is 9.13 Å². The van der Waals surface area contributed by atoms with Crippen LogP contribution in [0.15, 0.2) is 23.3 Å². The quantitative estimate of drug-likeness (QED) is 0.557. The van der Waals surface area contributed by atoms with Gasteiger partial charge in [-0.1, -0.05) is 11.6 Å². The molecule has 0 atom stereocenters. The van der Waals surface area contributed by atoms with Gasteiger partial charge in [0.2, 0.25) is 5.95 Å². The highest BCUT2D eigenvalue weighted by Crippen LogP contribution is 2.31. The van der Waals surface area contributed by atoms with Crippen LogP contribution in [-0.2, 0) is 13.6 Å². The van der Waals surface area contributed by atoms with Crippen LogP contribution in [0.4, 0.5) is 26.4 Å². The first-order valence-corrected chi connectivity index (χ1v) is 11.0. The third-order valence-corrected chi connectivity index (χ3v) is 6.01. The van der Waals surface area contributed by atoms with E-state index in [1.54, 1.807) is 42.6 Å². The first kappa shape index (κ1) is 23.4. The zero-order valence-corrected chi connectivity index (χ0v) is 19.4. The van der Waals surface area contributed by atoms with Gasteiger partial charge in [0.25, 0.3) is 5.92 Å². The third kappa shape index (κ3) is 5.09. The molecule has 178 valence electrons. The van der Waals surface area contributed by atoms with E-state index in [-0.39, 0.29) is 42.5 Å². The van der Waals surface area contributed by atoms with E-state index >= 15 is 0 Å². The molecule has 0 aliphatic carbocycles. The van der Waals surface area contributed by atoms with E-state index < -0.39 is 11.5 Å². The molecule has 1 fully saturated rings. The van der Waals surface area contributed by atoms with Gasteiger partial charge in [0.15, 0.2) is 5.82 Å². The third-order valence-electron chi connectivity index (χ3n) is 5.73. The summed E-state index contributed by atoms with van der Waals surface area (Å²) in [6, 6.07) is 1.71. The lowest BCUT2D eigenvalue weighted by atomic mass is 10.1. The van der Waals surface area contributed by atoms with Crippen molar-refractivity contribution < 1.29 is 13.9 Å². The fraction of sp³-hybridized carbons (Fsp3) is 0.524. The molecule has 0 amide bonds. The number of nitrogens with zero attached hydrogens (tertiary/aromatic N) is 6. The minimum absolute atomic E-state index is 0.149. The molecular formula is C21H26ClF2N7O2. The highest BCUT2D eigenvalue weighted by atomic mass is 35.5. The van der Waals surface area contributed by atoms with Crippen LogP contribution in [0.5, 0.6) is 0 Å². The van der Waals surface area contributed by atoms with Gasteiger partial charge >= 0.3 is 5.69 Å². The maximum Gasteiger partial charge on any atom is 0.328 e. The number of hydrogen-bond donors (Lipinski definition) is 2. The van der Waals surface area contributed by atoms with Gasteiger partial charge in [0.05, 0.1) is 29.0 Å². The average molecular weight is 482 g/mol. The molecule has 3 aromatic rings. The number of pyridine rings is 1. The van der Waals surface area contributed by atoms with Crippen molar-refractivity contribution in [2.75, 3.05) is 23.3 Å². The predicted octanol–water partition coefficient (Wildman–Crippen LogP) is 3.32. The number of imidazole rings is 1. The van der Waals surface area contributed by atoms with Crippen molar-refractivity contribution in [3.8, 4) is 0 Å². The molecule has 1 aliphatic rings. The minimum atomic E-state index is -2.67. The molecular weight excluding hydrogens is 456 g/mol. The zero-order chi connectivity index (χ0) is 24.0. The largest absolute Gasteiger partial charge is 0.390 e. The number of aromatic nitrogens is 5. The summed E-state index contributed by atoms with van der Waals surface area (Å²) in [7, 11) is 1.66. The number of aliphatic hydroxyl groups is 1. The Labute approximate surface area is 194 Å². The molecule has 0 unspecified atom stereocenters. The Morgan fingerprint density at radius 1 is 1.21 bits per heavy atom. The van der Waals surface area contributed by atoms with Crippen LogP contribution in [0.2, 0.25) is 5.02 Å². The number of rotatable bonds is 6. The van der Waals surface area contributed by atoms with E-state index in [2.05, 4.69) is 20.3 Å². The van der Waals surface area contributed by atoms with Crippen molar-refractivity contribution in [2.24, 2.45) is 7.05 Å². The number of hydrogen-bond acceptors (Lipinski definition) is 7. The molecule has 1 aliphatic heterocycles. The minimum Gasteiger partial charge on any atom is -0.390 e. The van der Waals surface area contributed by atoms with Gasteiger partial charge in [-0.15, -0.1) is 0 Å². The number of aryl methyl sites for hydroxylation is 2. The van der Waals surface area contributed by atoms with Crippen LogP contribution in [0.3, 0.4) is 0 Å². The van der Waals surface area contributed by atoms with E-state index in [0.29, 0.717) is 35.8 Å². The molecule has 0 radical (unpaired) electrons. The SMILES string of the molecule is Cn1c(=O)n(CCC(C)(C)O)c2cc(Nc3nc(N4CCC(F)(F)CC4)ncc3Cl)ncc21. The van der Waals surface area contributed by atoms with Crippen molar-refractivity contribution in [3.63, 3.8) is 0 Å². The lowest BCUT2D eigenvalue weighted by molar-refractivity contribution is -0.0222. The fourth-order valence-corrected chi connectivity index (χ4v) is 3.86. The number of alkyl halides is 2. The molecule has 1 saturated heterocycles. The van der Waals surface area contributed by atoms with Crippen molar-refractivity contribution in [1.82, 2.24) is 24.1 Å². The van der Waals surface area contributed by atoms with E-state index in [0.717, 1.165) is 0 Å². The normalized spacial score (nSPS) is 16.4. The number of halogens is 3. The van der Waals surface area contributed by atoms with E-state index in [4.69, 9.17) is 11.6 Å². The summed E-state index contributed by atoms with van der Waals surface area (Å²) in [6.45, 7) is 4.01. The van der Waals surface area contributed by atoms with Gasteiger partial charge in [-0.2, -0.15) is 4.98 Å². The van der Waals surface area contributed by atoms with Crippen molar-refractivity contribution in [3.05, 3.63) is 34.0 Å². The molecule has 0 saturated carbocycles. The number of piperidine rings is 1.